The van der Waals surface area contributed by atoms with Crippen molar-refractivity contribution in [3.05, 3.63) is 91.0 Å². The lowest BCUT2D eigenvalue weighted by Crippen LogP contribution is -2.19. The highest BCUT2D eigenvalue weighted by atomic mass is 19.1. The van der Waals surface area contributed by atoms with Crippen LogP contribution in [0.25, 0.3) is 55.4 Å². The molecule has 0 unspecified atom stereocenters. The molecule has 0 aliphatic rings. The Hall–Kier alpha value is -4.78. The van der Waals surface area contributed by atoms with Crippen LogP contribution >= 0.6 is 0 Å². The lowest BCUT2D eigenvalue weighted by molar-refractivity contribution is -0.117. The molecule has 3 N–H and O–H groups in total. The van der Waals surface area contributed by atoms with Gasteiger partial charge >= 0.3 is 0 Å². The number of hydrogen-bond acceptors (Lipinski definition) is 3. The number of nitrogens with one attached hydrogen (secondary N) is 3. The number of anilines is 1. The van der Waals surface area contributed by atoms with Crippen LogP contribution in [0.2, 0.25) is 0 Å². The molecule has 39 heavy (non-hydrogen) atoms. The summed E-state index contributed by atoms with van der Waals surface area (Å²) in [5.41, 5.74) is 7.96. The van der Waals surface area contributed by atoms with Crippen molar-refractivity contribution in [1.29, 1.82) is 0 Å². The topological polar surface area (TPSA) is 86.5 Å². The van der Waals surface area contributed by atoms with Crippen LogP contribution in [-0.2, 0) is 4.79 Å². The zero-order valence-electron chi connectivity index (χ0n) is 22.0. The fraction of sp³-hybridized carbons (Fsp3) is 0.156. The number of halogens is 1. The number of carbonyl (C=O) groups excluding carboxylic acids is 1. The molecule has 0 fully saturated rings. The van der Waals surface area contributed by atoms with Gasteiger partial charge in [-0.15, -0.1) is 0 Å². The van der Waals surface area contributed by atoms with Crippen molar-refractivity contribution < 1.29 is 9.18 Å². The Balaban J connectivity index is 1.36. The van der Waals surface area contributed by atoms with Crippen LogP contribution in [0.1, 0.15) is 27.2 Å². The Morgan fingerprint density at radius 1 is 0.872 bits per heavy atom. The van der Waals surface area contributed by atoms with E-state index < -0.39 is 0 Å². The van der Waals surface area contributed by atoms with Gasteiger partial charge in [-0.1, -0.05) is 51.1 Å². The van der Waals surface area contributed by atoms with Crippen molar-refractivity contribution >= 4 is 33.4 Å². The van der Waals surface area contributed by atoms with E-state index in [4.69, 9.17) is 0 Å². The van der Waals surface area contributed by atoms with Gasteiger partial charge in [-0.05, 0) is 64.6 Å². The van der Waals surface area contributed by atoms with Crippen molar-refractivity contribution in [2.75, 3.05) is 5.32 Å². The number of aromatic nitrogens is 4. The summed E-state index contributed by atoms with van der Waals surface area (Å²) in [6.07, 6.45) is 3.88. The average Bonchev–Trinajstić information content (AvgIpc) is 3.52. The molecule has 7 heteroatoms. The lowest BCUT2D eigenvalue weighted by atomic mass is 9.92. The van der Waals surface area contributed by atoms with Crippen LogP contribution in [-0.4, -0.2) is 26.1 Å². The third kappa shape index (κ3) is 5.03. The van der Waals surface area contributed by atoms with Crippen LogP contribution < -0.4 is 5.32 Å². The van der Waals surface area contributed by atoms with Crippen molar-refractivity contribution in [3.8, 4) is 33.6 Å². The van der Waals surface area contributed by atoms with E-state index in [0.717, 1.165) is 55.4 Å². The van der Waals surface area contributed by atoms with Crippen LogP contribution in [0.3, 0.4) is 0 Å². The van der Waals surface area contributed by atoms with Gasteiger partial charge in [-0.25, -0.2) is 4.39 Å². The second-order valence-corrected chi connectivity index (χ2v) is 11.0. The van der Waals surface area contributed by atoms with Gasteiger partial charge in [-0.3, -0.25) is 14.9 Å². The van der Waals surface area contributed by atoms with E-state index in [-0.39, 0.29) is 17.1 Å². The number of H-pyrrole nitrogens is 2. The number of hydrogen-bond donors (Lipinski definition) is 3. The largest absolute Gasteiger partial charge is 0.353 e. The van der Waals surface area contributed by atoms with E-state index in [1.165, 1.54) is 12.1 Å². The highest BCUT2D eigenvalue weighted by Gasteiger charge is 2.17. The maximum Gasteiger partial charge on any atom is 0.224 e. The molecule has 3 heterocycles. The molecule has 6 aromatic rings. The number of nitrogens with zero attached hydrogens (tertiary/aromatic N) is 2. The van der Waals surface area contributed by atoms with E-state index >= 15 is 0 Å². The summed E-state index contributed by atoms with van der Waals surface area (Å²) in [5, 5.41) is 12.7. The minimum Gasteiger partial charge on any atom is -0.353 e. The summed E-state index contributed by atoms with van der Waals surface area (Å²) in [5.74, 6) is -0.291. The van der Waals surface area contributed by atoms with E-state index in [1.54, 1.807) is 24.5 Å². The summed E-state index contributed by atoms with van der Waals surface area (Å²) >= 11 is 0. The maximum absolute atomic E-state index is 13.5. The van der Waals surface area contributed by atoms with Crippen LogP contribution in [0.15, 0.2) is 85.2 Å². The molecule has 0 radical (unpaired) electrons. The maximum atomic E-state index is 13.5. The number of amides is 1. The molecule has 6 nitrogen and oxygen atoms in total. The molecular weight excluding hydrogens is 489 g/mol. The van der Waals surface area contributed by atoms with Crippen molar-refractivity contribution in [2.45, 2.75) is 27.2 Å². The fourth-order valence-electron chi connectivity index (χ4n) is 4.92. The summed E-state index contributed by atoms with van der Waals surface area (Å²) in [6.45, 7) is 6.11. The monoisotopic (exact) mass is 517 g/mol. The Morgan fingerprint density at radius 3 is 2.46 bits per heavy atom. The van der Waals surface area contributed by atoms with E-state index in [2.05, 4.69) is 37.6 Å². The highest BCUT2D eigenvalue weighted by Crippen LogP contribution is 2.35. The van der Waals surface area contributed by atoms with Gasteiger partial charge in [0.2, 0.25) is 5.91 Å². The second-order valence-electron chi connectivity index (χ2n) is 11.0. The smallest absolute Gasteiger partial charge is 0.224 e. The highest BCUT2D eigenvalue weighted by molar-refractivity contribution is 6.02. The Morgan fingerprint density at radius 2 is 1.67 bits per heavy atom. The third-order valence-electron chi connectivity index (χ3n) is 6.68. The summed E-state index contributed by atoms with van der Waals surface area (Å²) in [7, 11) is 0. The fourth-order valence-corrected chi connectivity index (χ4v) is 4.92. The molecule has 194 valence electrons. The molecule has 6 rings (SSSR count). The predicted molar refractivity (Wildman–Crippen MR) is 155 cm³/mol. The van der Waals surface area contributed by atoms with Gasteiger partial charge in [0.1, 0.15) is 11.5 Å². The molecule has 0 saturated heterocycles. The molecule has 0 aliphatic carbocycles. The summed E-state index contributed by atoms with van der Waals surface area (Å²) < 4.78 is 13.5. The molecular formula is C32H28FN5O. The van der Waals surface area contributed by atoms with Crippen LogP contribution in [0.5, 0.6) is 0 Å². The van der Waals surface area contributed by atoms with Gasteiger partial charge in [0.05, 0.1) is 23.1 Å². The van der Waals surface area contributed by atoms with E-state index in [1.807, 2.05) is 57.2 Å². The first kappa shape index (κ1) is 24.6. The van der Waals surface area contributed by atoms with Gasteiger partial charge in [0.15, 0.2) is 0 Å². The molecule has 3 aromatic heterocycles. The molecule has 1 amide bonds. The molecule has 0 bridgehead atoms. The standard InChI is InChI=1S/C32H28FN5O/c1-32(2,3)16-30(39)35-23-13-21(17-34-18-23)20-9-12-28-26(14-20)31(38-37-28)29-15-25-24(5-4-6-27(25)36-29)19-7-10-22(33)11-8-19/h4-15,17-18,36H,16H2,1-3H3,(H,35,39)(H,37,38). The number of benzene rings is 3. The quantitative estimate of drug-likeness (QED) is 0.217. The number of fused-ring (bicyclic) bond motifs is 2. The summed E-state index contributed by atoms with van der Waals surface area (Å²) in [6, 6.07) is 22.7. The Bertz CT molecular complexity index is 1830. The number of aromatic amines is 2. The molecule has 0 spiro atoms. The summed E-state index contributed by atoms with van der Waals surface area (Å²) in [4.78, 5) is 20.3. The first-order valence-electron chi connectivity index (χ1n) is 12.8. The Kier molecular flexibility index (Phi) is 5.99. The normalized spacial score (nSPS) is 11.8. The number of rotatable bonds is 5. The van der Waals surface area contributed by atoms with Crippen LogP contribution in [0.4, 0.5) is 10.1 Å². The van der Waals surface area contributed by atoms with Gasteiger partial charge in [-0.2, -0.15) is 5.10 Å². The minimum atomic E-state index is -0.257. The zero-order chi connectivity index (χ0) is 27.1. The van der Waals surface area contributed by atoms with Gasteiger partial charge in [0.25, 0.3) is 0 Å². The SMILES string of the molecule is CC(C)(C)CC(=O)Nc1cncc(-c2ccc3[nH]nc(-c4cc5c(-c6ccc(F)cc6)cccc5[nH]4)c3c2)c1. The first-order valence-corrected chi connectivity index (χ1v) is 12.8. The molecule has 3 aromatic carbocycles. The van der Waals surface area contributed by atoms with Crippen molar-refractivity contribution in [3.63, 3.8) is 0 Å². The minimum absolute atomic E-state index is 0.0344. The third-order valence-corrected chi connectivity index (χ3v) is 6.68. The first-order chi connectivity index (χ1) is 18.7. The Labute approximate surface area is 225 Å². The average molecular weight is 518 g/mol. The zero-order valence-corrected chi connectivity index (χ0v) is 22.0. The van der Waals surface area contributed by atoms with Gasteiger partial charge in [0, 0.05) is 34.5 Å². The van der Waals surface area contributed by atoms with E-state index in [0.29, 0.717) is 12.1 Å². The molecule has 0 atom stereocenters. The van der Waals surface area contributed by atoms with E-state index in [9.17, 15) is 9.18 Å². The predicted octanol–water partition coefficient (Wildman–Crippen LogP) is 7.95. The lowest BCUT2D eigenvalue weighted by Gasteiger charge is -2.17. The van der Waals surface area contributed by atoms with Crippen molar-refractivity contribution in [1.82, 2.24) is 20.2 Å². The molecule has 0 saturated carbocycles. The molecule has 0 aliphatic heterocycles. The van der Waals surface area contributed by atoms with Crippen LogP contribution in [0, 0.1) is 11.2 Å². The van der Waals surface area contributed by atoms with Gasteiger partial charge < -0.3 is 10.3 Å². The van der Waals surface area contributed by atoms with Crippen molar-refractivity contribution in [2.24, 2.45) is 5.41 Å². The second kappa shape index (κ2) is 9.51. The number of carbonyl (C=O) groups is 1. The number of pyridine rings is 1.